The molecule has 0 atom stereocenters. The van der Waals surface area contributed by atoms with Crippen molar-refractivity contribution in [2.75, 3.05) is 5.32 Å². The van der Waals surface area contributed by atoms with Crippen molar-refractivity contribution in [2.24, 2.45) is 5.14 Å². The number of thioether (sulfide) groups is 1. The number of aromatic nitrogens is 3. The fraction of sp³-hybridized carbons (Fsp3) is 0.217. The van der Waals surface area contributed by atoms with Crippen molar-refractivity contribution in [3.63, 3.8) is 0 Å². The molecule has 0 unspecified atom stereocenters. The van der Waals surface area contributed by atoms with Gasteiger partial charge in [0.25, 0.3) is 0 Å². The average Bonchev–Trinajstić information content (AvgIpc) is 3.21. The average molecular weight is 468 g/mol. The summed E-state index contributed by atoms with van der Waals surface area (Å²) >= 11 is 1.84. The van der Waals surface area contributed by atoms with Gasteiger partial charge in [0, 0.05) is 29.3 Å². The van der Waals surface area contributed by atoms with Crippen LogP contribution in [0.5, 0.6) is 0 Å². The standard InChI is InChI=1S/C23H25N5O2S2/c1-15(2)31-20-6-4-3-5-17(20)14-26-23-22-19(11-12-25-22)27-21(28-23)13-16-7-9-18(10-8-16)32(24,29)30/h3-12,15,25H,13-14H2,1-2H3,(H2,24,29,30)(H,26,27,28). The minimum absolute atomic E-state index is 0.0866. The van der Waals surface area contributed by atoms with Gasteiger partial charge in [0.1, 0.15) is 11.3 Å². The summed E-state index contributed by atoms with van der Waals surface area (Å²) < 4.78 is 23.0. The molecule has 0 saturated carbocycles. The Kier molecular flexibility index (Phi) is 6.50. The van der Waals surface area contributed by atoms with Crippen LogP contribution in [0.3, 0.4) is 0 Å². The third kappa shape index (κ3) is 5.29. The highest BCUT2D eigenvalue weighted by Crippen LogP contribution is 2.28. The van der Waals surface area contributed by atoms with Crippen LogP contribution < -0.4 is 10.5 Å². The Labute approximate surface area is 191 Å². The number of H-pyrrole nitrogens is 1. The normalized spacial score (nSPS) is 11.9. The second kappa shape index (κ2) is 9.32. The van der Waals surface area contributed by atoms with E-state index in [9.17, 15) is 8.42 Å². The highest BCUT2D eigenvalue weighted by molar-refractivity contribution is 8.00. The van der Waals surface area contributed by atoms with Gasteiger partial charge < -0.3 is 10.3 Å². The predicted octanol–water partition coefficient (Wildman–Crippen LogP) is 4.31. The summed E-state index contributed by atoms with van der Waals surface area (Å²) in [4.78, 5) is 13.9. The highest BCUT2D eigenvalue weighted by atomic mass is 32.2. The van der Waals surface area contributed by atoms with Crippen LogP contribution in [-0.2, 0) is 23.0 Å². The lowest BCUT2D eigenvalue weighted by molar-refractivity contribution is 0.598. The number of hydrogen-bond donors (Lipinski definition) is 3. The number of rotatable bonds is 8. The Hall–Kier alpha value is -2.88. The molecule has 0 bridgehead atoms. The molecule has 4 aromatic rings. The van der Waals surface area contributed by atoms with Gasteiger partial charge in [-0.2, -0.15) is 0 Å². The summed E-state index contributed by atoms with van der Waals surface area (Å²) in [6.45, 7) is 5.01. The van der Waals surface area contributed by atoms with Gasteiger partial charge >= 0.3 is 0 Å². The summed E-state index contributed by atoms with van der Waals surface area (Å²) in [6, 6.07) is 16.8. The summed E-state index contributed by atoms with van der Waals surface area (Å²) in [6.07, 6.45) is 2.32. The van der Waals surface area contributed by atoms with Crippen LogP contribution in [0.2, 0.25) is 0 Å². The fourth-order valence-corrected chi connectivity index (χ4v) is 4.85. The number of aromatic amines is 1. The van der Waals surface area contributed by atoms with E-state index < -0.39 is 10.0 Å². The van der Waals surface area contributed by atoms with Gasteiger partial charge in [0.15, 0.2) is 5.82 Å². The van der Waals surface area contributed by atoms with Gasteiger partial charge in [-0.3, -0.25) is 0 Å². The fourth-order valence-electron chi connectivity index (χ4n) is 3.38. The molecule has 0 fully saturated rings. The molecule has 32 heavy (non-hydrogen) atoms. The van der Waals surface area contributed by atoms with Crippen molar-refractivity contribution in [1.82, 2.24) is 15.0 Å². The molecule has 2 heterocycles. The first-order chi connectivity index (χ1) is 15.3. The summed E-state index contributed by atoms with van der Waals surface area (Å²) in [5.74, 6) is 1.38. The molecule has 4 rings (SSSR count). The zero-order valence-corrected chi connectivity index (χ0v) is 19.5. The smallest absolute Gasteiger partial charge is 0.238 e. The van der Waals surface area contributed by atoms with E-state index in [1.807, 2.05) is 30.1 Å². The number of primary sulfonamides is 1. The van der Waals surface area contributed by atoms with Gasteiger partial charge in [-0.05, 0) is 35.4 Å². The molecular formula is C23H25N5O2S2. The Morgan fingerprint density at radius 2 is 1.81 bits per heavy atom. The van der Waals surface area contributed by atoms with Crippen LogP contribution in [0.15, 0.2) is 70.6 Å². The van der Waals surface area contributed by atoms with E-state index >= 15 is 0 Å². The van der Waals surface area contributed by atoms with E-state index in [1.165, 1.54) is 22.6 Å². The molecule has 0 amide bonds. The molecule has 0 aliphatic rings. The number of nitrogens with zero attached hydrogens (tertiary/aromatic N) is 2. The number of fused-ring (bicyclic) bond motifs is 1. The van der Waals surface area contributed by atoms with E-state index in [4.69, 9.17) is 10.1 Å². The molecule has 9 heteroatoms. The first-order valence-corrected chi connectivity index (χ1v) is 12.7. The van der Waals surface area contributed by atoms with Crippen LogP contribution in [-0.4, -0.2) is 28.6 Å². The van der Waals surface area contributed by atoms with Crippen LogP contribution in [0, 0.1) is 0 Å². The van der Waals surface area contributed by atoms with E-state index in [-0.39, 0.29) is 4.90 Å². The second-order valence-corrected chi connectivity index (χ2v) is 10.9. The van der Waals surface area contributed by atoms with E-state index in [1.54, 1.807) is 12.1 Å². The molecule has 2 aromatic carbocycles. The number of nitrogens with one attached hydrogen (secondary N) is 2. The lowest BCUT2D eigenvalue weighted by Gasteiger charge is -2.13. The first kappa shape index (κ1) is 22.3. The minimum atomic E-state index is -3.71. The lowest BCUT2D eigenvalue weighted by Crippen LogP contribution is -2.12. The lowest BCUT2D eigenvalue weighted by atomic mass is 10.1. The van der Waals surface area contributed by atoms with Crippen molar-refractivity contribution in [2.45, 2.75) is 41.9 Å². The van der Waals surface area contributed by atoms with Crippen molar-refractivity contribution in [1.29, 1.82) is 0 Å². The number of benzene rings is 2. The Morgan fingerprint density at radius 1 is 1.06 bits per heavy atom. The van der Waals surface area contributed by atoms with Gasteiger partial charge in [0.2, 0.25) is 10.0 Å². The highest BCUT2D eigenvalue weighted by Gasteiger charge is 2.12. The quantitative estimate of drug-likeness (QED) is 0.333. The molecule has 4 N–H and O–H groups in total. The molecule has 0 aliphatic heterocycles. The maximum Gasteiger partial charge on any atom is 0.238 e. The van der Waals surface area contributed by atoms with Crippen molar-refractivity contribution in [3.8, 4) is 0 Å². The number of hydrogen-bond acceptors (Lipinski definition) is 6. The van der Waals surface area contributed by atoms with Gasteiger partial charge in [-0.1, -0.05) is 44.2 Å². The monoisotopic (exact) mass is 467 g/mol. The van der Waals surface area contributed by atoms with Crippen molar-refractivity contribution >= 4 is 38.6 Å². The third-order valence-electron chi connectivity index (χ3n) is 4.85. The molecule has 0 saturated heterocycles. The van der Waals surface area contributed by atoms with Gasteiger partial charge in [0.05, 0.1) is 10.4 Å². The predicted molar refractivity (Wildman–Crippen MR) is 129 cm³/mol. The van der Waals surface area contributed by atoms with Gasteiger partial charge in [-0.15, -0.1) is 11.8 Å². The third-order valence-corrected chi connectivity index (χ3v) is 6.90. The van der Waals surface area contributed by atoms with Crippen molar-refractivity contribution < 1.29 is 8.42 Å². The largest absolute Gasteiger partial charge is 0.364 e. The van der Waals surface area contributed by atoms with Gasteiger partial charge in [-0.25, -0.2) is 23.5 Å². The Balaban J connectivity index is 1.58. The zero-order valence-electron chi connectivity index (χ0n) is 17.9. The zero-order chi connectivity index (χ0) is 22.7. The molecular weight excluding hydrogens is 442 g/mol. The Bertz CT molecular complexity index is 1330. The van der Waals surface area contributed by atoms with Crippen LogP contribution >= 0.6 is 11.8 Å². The van der Waals surface area contributed by atoms with E-state index in [2.05, 4.69) is 47.3 Å². The number of nitrogens with two attached hydrogens (primary N) is 1. The second-order valence-electron chi connectivity index (χ2n) is 7.72. The molecule has 2 aromatic heterocycles. The summed E-state index contributed by atoms with van der Waals surface area (Å²) in [7, 11) is -3.71. The maximum absolute atomic E-state index is 11.5. The van der Waals surface area contributed by atoms with E-state index in [0.29, 0.717) is 24.0 Å². The molecule has 166 valence electrons. The summed E-state index contributed by atoms with van der Waals surface area (Å²) in [5, 5.41) is 9.15. The number of anilines is 1. The topological polar surface area (TPSA) is 114 Å². The molecule has 0 aliphatic carbocycles. The Morgan fingerprint density at radius 3 is 2.53 bits per heavy atom. The SMILES string of the molecule is CC(C)Sc1ccccc1CNc1nc(Cc2ccc(S(N)(=O)=O)cc2)nc2cc[nH]c12. The van der Waals surface area contributed by atoms with E-state index in [0.717, 1.165) is 22.4 Å². The molecule has 0 spiro atoms. The maximum atomic E-state index is 11.5. The van der Waals surface area contributed by atoms with Crippen LogP contribution in [0.1, 0.15) is 30.8 Å². The summed E-state index contributed by atoms with van der Waals surface area (Å²) in [5.41, 5.74) is 3.79. The van der Waals surface area contributed by atoms with Crippen LogP contribution in [0.25, 0.3) is 11.0 Å². The number of sulfonamides is 1. The molecule has 0 radical (unpaired) electrons. The van der Waals surface area contributed by atoms with Crippen LogP contribution in [0.4, 0.5) is 5.82 Å². The molecule has 7 nitrogen and oxygen atoms in total. The minimum Gasteiger partial charge on any atom is -0.364 e. The first-order valence-electron chi connectivity index (χ1n) is 10.2. The van der Waals surface area contributed by atoms with Crippen molar-refractivity contribution in [3.05, 3.63) is 77.7 Å².